The minimum Gasteiger partial charge on any atom is -0.445 e. The van der Waals surface area contributed by atoms with E-state index in [9.17, 15) is 9.18 Å². The molecule has 1 aliphatic rings. The zero-order valence-corrected chi connectivity index (χ0v) is 23.7. The Morgan fingerprint density at radius 3 is 3.00 bits per heavy atom. The smallest absolute Gasteiger partial charge is 0.407 e. The van der Waals surface area contributed by atoms with E-state index >= 15 is 0 Å². The molecule has 4 heterocycles. The number of hydrogen-bond donors (Lipinski definition) is 3. The van der Waals surface area contributed by atoms with E-state index in [0.29, 0.717) is 31.9 Å². The molecule has 0 spiro atoms. The van der Waals surface area contributed by atoms with E-state index in [1.54, 1.807) is 12.3 Å². The van der Waals surface area contributed by atoms with Crippen LogP contribution in [0.1, 0.15) is 23.8 Å². The lowest BCUT2D eigenvalue weighted by Gasteiger charge is -2.10. The molecule has 0 saturated carbocycles. The number of fused-ring (bicyclic) bond motifs is 2. The Morgan fingerprint density at radius 2 is 2.15 bits per heavy atom. The van der Waals surface area contributed by atoms with Gasteiger partial charge in [0.25, 0.3) is 0 Å². The van der Waals surface area contributed by atoms with Gasteiger partial charge in [-0.15, -0.1) is 23.7 Å². The van der Waals surface area contributed by atoms with E-state index in [1.165, 1.54) is 29.8 Å². The molecule has 0 aliphatic carbocycles. The molecule has 2 aromatic carbocycles. The molecular weight excluding hydrogens is 565 g/mol. The maximum absolute atomic E-state index is 13.6. The van der Waals surface area contributed by atoms with Crippen molar-refractivity contribution in [1.29, 1.82) is 0 Å². The second-order valence-electron chi connectivity index (χ2n) is 9.40. The summed E-state index contributed by atoms with van der Waals surface area (Å²) in [5.41, 5.74) is 3.48. The number of ether oxygens (including phenoxy) is 1. The highest BCUT2D eigenvalue weighted by Gasteiger charge is 2.25. The predicted molar refractivity (Wildman–Crippen MR) is 160 cm³/mol. The third kappa shape index (κ3) is 6.57. The van der Waals surface area contributed by atoms with Gasteiger partial charge in [0.05, 0.1) is 39.4 Å². The van der Waals surface area contributed by atoms with Gasteiger partial charge in [-0.25, -0.2) is 19.2 Å². The van der Waals surface area contributed by atoms with Gasteiger partial charge in [0.1, 0.15) is 18.2 Å². The predicted octanol–water partition coefficient (Wildman–Crippen LogP) is 5.22. The molecule has 1 fully saturated rings. The number of rotatable bonds is 6. The number of carbonyl (C=O) groups excluding carboxylic acids is 1. The first-order chi connectivity index (χ1) is 19.5. The summed E-state index contributed by atoms with van der Waals surface area (Å²) in [6.45, 7) is 3.45. The summed E-state index contributed by atoms with van der Waals surface area (Å²) in [5, 5.41) is 14.8. The minimum atomic E-state index is -0.400. The highest BCUT2D eigenvalue weighted by molar-refractivity contribution is 7.20. The summed E-state index contributed by atoms with van der Waals surface area (Å²) in [4.78, 5) is 21.4. The summed E-state index contributed by atoms with van der Waals surface area (Å²) in [7, 11) is 0. The highest BCUT2D eigenvalue weighted by atomic mass is 35.5. The number of benzene rings is 2. The van der Waals surface area contributed by atoms with Crippen LogP contribution >= 0.6 is 23.7 Å². The van der Waals surface area contributed by atoms with Crippen LogP contribution in [0.5, 0.6) is 0 Å². The first-order valence-corrected chi connectivity index (χ1v) is 13.8. The number of alkyl carbamates (subject to hydrolysis) is 1. The molecule has 1 aliphatic heterocycles. The van der Waals surface area contributed by atoms with Crippen LogP contribution in [-0.2, 0) is 11.3 Å². The van der Waals surface area contributed by atoms with Gasteiger partial charge in [-0.2, -0.15) is 5.10 Å². The SMILES string of the molecule is CCNC(=O)O[C@@H]1CN[C@H](C#Cc2cc3ncnc(Nc4ccc5c(cnn5Cc5cccc(F)c5)c4)c3s2)C1.Cl. The summed E-state index contributed by atoms with van der Waals surface area (Å²) < 4.78 is 21.7. The van der Waals surface area contributed by atoms with Crippen molar-refractivity contribution in [3.05, 3.63) is 77.3 Å². The molecule has 1 saturated heterocycles. The molecule has 0 bridgehead atoms. The summed E-state index contributed by atoms with van der Waals surface area (Å²) >= 11 is 1.52. The molecular formula is C29H27ClFN7O2S. The van der Waals surface area contributed by atoms with Crippen molar-refractivity contribution in [2.75, 3.05) is 18.4 Å². The molecule has 3 aromatic heterocycles. The van der Waals surface area contributed by atoms with Crippen molar-refractivity contribution >= 4 is 62.5 Å². The molecule has 0 unspecified atom stereocenters. The fourth-order valence-corrected chi connectivity index (χ4v) is 5.56. The normalized spacial score (nSPS) is 16.1. The van der Waals surface area contributed by atoms with Gasteiger partial charge < -0.3 is 15.4 Å². The van der Waals surface area contributed by atoms with Gasteiger partial charge in [-0.05, 0) is 48.9 Å². The van der Waals surface area contributed by atoms with Crippen LogP contribution in [0.2, 0.25) is 0 Å². The average Bonchev–Trinajstić information content (AvgIpc) is 3.67. The van der Waals surface area contributed by atoms with Crippen molar-refractivity contribution in [2.45, 2.75) is 32.0 Å². The Kier molecular flexibility index (Phi) is 8.64. The summed E-state index contributed by atoms with van der Waals surface area (Å²) in [5.74, 6) is 6.92. The molecule has 3 N–H and O–H groups in total. The first-order valence-electron chi connectivity index (χ1n) is 12.9. The Bertz CT molecular complexity index is 1760. The third-order valence-corrected chi connectivity index (χ3v) is 7.54. The van der Waals surface area contributed by atoms with E-state index in [-0.39, 0.29) is 30.4 Å². The molecule has 210 valence electrons. The number of nitrogens with zero attached hydrogens (tertiary/aromatic N) is 4. The number of halogens is 2. The fourth-order valence-electron chi connectivity index (χ4n) is 4.64. The van der Waals surface area contributed by atoms with Crippen molar-refractivity contribution in [3.8, 4) is 11.8 Å². The minimum absolute atomic E-state index is 0. The Labute approximate surface area is 245 Å². The van der Waals surface area contributed by atoms with Gasteiger partial charge >= 0.3 is 6.09 Å². The number of carbonyl (C=O) groups is 1. The zero-order chi connectivity index (χ0) is 27.5. The van der Waals surface area contributed by atoms with E-state index in [0.717, 1.165) is 37.2 Å². The number of anilines is 2. The zero-order valence-electron chi connectivity index (χ0n) is 22.1. The van der Waals surface area contributed by atoms with Crippen LogP contribution in [0.25, 0.3) is 21.1 Å². The third-order valence-electron chi connectivity index (χ3n) is 6.49. The van der Waals surface area contributed by atoms with Crippen molar-refractivity contribution in [3.63, 3.8) is 0 Å². The Balaban J connectivity index is 0.00000337. The molecule has 0 radical (unpaired) electrons. The number of hydrogen-bond acceptors (Lipinski definition) is 8. The van der Waals surface area contributed by atoms with Crippen LogP contribution in [0.3, 0.4) is 0 Å². The van der Waals surface area contributed by atoms with Crippen LogP contribution in [-0.4, -0.2) is 51.1 Å². The van der Waals surface area contributed by atoms with Crippen molar-refractivity contribution in [2.24, 2.45) is 0 Å². The Morgan fingerprint density at radius 1 is 1.24 bits per heavy atom. The topological polar surface area (TPSA) is 106 Å². The summed E-state index contributed by atoms with van der Waals surface area (Å²) in [6.07, 6.45) is 3.38. The number of aromatic nitrogens is 4. The number of thiophene rings is 1. The van der Waals surface area contributed by atoms with E-state index in [4.69, 9.17) is 4.74 Å². The lowest BCUT2D eigenvalue weighted by molar-refractivity contribution is 0.107. The first kappa shape index (κ1) is 28.3. The quantitative estimate of drug-likeness (QED) is 0.232. The van der Waals surface area contributed by atoms with Crippen molar-refractivity contribution < 1.29 is 13.9 Å². The van der Waals surface area contributed by atoms with Gasteiger partial charge in [-0.1, -0.05) is 24.0 Å². The highest BCUT2D eigenvalue weighted by Crippen LogP contribution is 2.31. The van der Waals surface area contributed by atoms with E-state index in [1.807, 2.05) is 41.9 Å². The second kappa shape index (κ2) is 12.5. The molecule has 5 aromatic rings. The monoisotopic (exact) mass is 591 g/mol. The van der Waals surface area contributed by atoms with Crippen LogP contribution in [0.4, 0.5) is 20.7 Å². The maximum Gasteiger partial charge on any atom is 0.407 e. The van der Waals surface area contributed by atoms with Crippen LogP contribution in [0, 0.1) is 17.7 Å². The second-order valence-corrected chi connectivity index (χ2v) is 10.5. The molecule has 12 heteroatoms. The lowest BCUT2D eigenvalue weighted by atomic mass is 10.2. The fraction of sp³-hybridized carbons (Fsp3) is 0.241. The lowest BCUT2D eigenvalue weighted by Crippen LogP contribution is -2.29. The van der Waals surface area contributed by atoms with Gasteiger partial charge in [0.15, 0.2) is 5.82 Å². The van der Waals surface area contributed by atoms with Gasteiger partial charge in [0, 0.05) is 30.6 Å². The molecule has 9 nitrogen and oxygen atoms in total. The maximum atomic E-state index is 13.6. The Hall–Kier alpha value is -4.24. The van der Waals surface area contributed by atoms with Crippen LogP contribution in [0.15, 0.2) is 61.1 Å². The summed E-state index contributed by atoms with van der Waals surface area (Å²) in [6, 6.07) is 14.4. The number of nitrogens with one attached hydrogen (secondary N) is 3. The number of amides is 1. The van der Waals surface area contributed by atoms with E-state index in [2.05, 4.69) is 42.9 Å². The standard InChI is InChI=1S/C29H26FN7O2S.ClH/c1-2-31-29(38)39-23-12-21(32-15-23)6-8-24-13-25-27(40-24)28(34-17-33-25)36-22-7-9-26-19(11-22)14-35-37(26)16-18-4-3-5-20(30)10-18;/h3-5,7,9-11,13-14,17,21,23,32H,2,12,15-16H2,1H3,(H,31,38)(H,33,34,36);1H/t21-,23+;/m1./s1. The molecule has 6 rings (SSSR count). The van der Waals surface area contributed by atoms with Crippen molar-refractivity contribution in [1.82, 2.24) is 30.4 Å². The molecule has 2 atom stereocenters. The van der Waals surface area contributed by atoms with Gasteiger partial charge in [0.2, 0.25) is 0 Å². The molecule has 1 amide bonds. The van der Waals surface area contributed by atoms with Gasteiger partial charge in [-0.3, -0.25) is 10.00 Å². The van der Waals surface area contributed by atoms with Crippen LogP contribution < -0.4 is 16.0 Å². The largest absolute Gasteiger partial charge is 0.445 e. The average molecular weight is 592 g/mol. The van der Waals surface area contributed by atoms with E-state index < -0.39 is 6.09 Å². The molecule has 41 heavy (non-hydrogen) atoms.